The van der Waals surface area contributed by atoms with E-state index in [2.05, 4.69) is 0 Å². The van der Waals surface area contributed by atoms with Gasteiger partial charge in [0.05, 0.1) is 16.2 Å². The van der Waals surface area contributed by atoms with Crippen LogP contribution in [0.2, 0.25) is 5.02 Å². The molecule has 0 heterocycles. The molecule has 18 heavy (non-hydrogen) atoms. The van der Waals surface area contributed by atoms with E-state index in [1.165, 1.54) is 6.07 Å². The number of halogens is 1. The standard InChI is InChI=1S/C13H17ClO3S/c14-10-5-4-6-11(9-10)18(16,17)13-8-3-1-2-7-12(13)15/h4-6,9,12-13,15H,1-3,7-8H2. The van der Waals surface area contributed by atoms with Gasteiger partial charge in [-0.1, -0.05) is 36.9 Å². The molecule has 1 aromatic carbocycles. The van der Waals surface area contributed by atoms with Crippen LogP contribution in [0.25, 0.3) is 0 Å². The second-order valence-electron chi connectivity index (χ2n) is 4.75. The summed E-state index contributed by atoms with van der Waals surface area (Å²) in [5, 5.41) is 9.71. The average Bonchev–Trinajstić information content (AvgIpc) is 2.54. The van der Waals surface area contributed by atoms with Gasteiger partial charge in [0.1, 0.15) is 0 Å². The van der Waals surface area contributed by atoms with Crippen LogP contribution in [0.15, 0.2) is 29.2 Å². The van der Waals surface area contributed by atoms with Gasteiger partial charge in [0.15, 0.2) is 9.84 Å². The molecule has 1 saturated carbocycles. The van der Waals surface area contributed by atoms with Crippen LogP contribution in [-0.2, 0) is 9.84 Å². The summed E-state index contributed by atoms with van der Waals surface area (Å²) in [5.41, 5.74) is 0. The zero-order valence-corrected chi connectivity index (χ0v) is 11.6. The Balaban J connectivity index is 2.35. The molecular formula is C13H17ClO3S. The molecule has 3 nitrogen and oxygen atoms in total. The van der Waals surface area contributed by atoms with E-state index in [-0.39, 0.29) is 4.90 Å². The third kappa shape index (κ3) is 2.87. The summed E-state index contributed by atoms with van der Waals surface area (Å²) in [7, 11) is -3.49. The first kappa shape index (κ1) is 13.8. The smallest absolute Gasteiger partial charge is 0.183 e. The number of aliphatic hydroxyl groups is 1. The molecule has 2 rings (SSSR count). The molecule has 0 aromatic heterocycles. The summed E-state index contributed by atoms with van der Waals surface area (Å²) in [6, 6.07) is 6.26. The van der Waals surface area contributed by atoms with Gasteiger partial charge >= 0.3 is 0 Å². The summed E-state index contributed by atoms with van der Waals surface area (Å²) in [6.07, 6.45) is 3.04. The molecule has 0 bridgehead atoms. The van der Waals surface area contributed by atoms with E-state index < -0.39 is 21.2 Å². The van der Waals surface area contributed by atoms with Crippen molar-refractivity contribution in [3.63, 3.8) is 0 Å². The molecule has 0 spiro atoms. The van der Waals surface area contributed by atoms with Gasteiger partial charge in [0, 0.05) is 5.02 Å². The molecule has 0 amide bonds. The van der Waals surface area contributed by atoms with E-state index in [1.807, 2.05) is 0 Å². The summed E-state index contributed by atoms with van der Waals surface area (Å²) >= 11 is 5.83. The first-order chi connectivity index (χ1) is 8.51. The Labute approximate surface area is 113 Å². The van der Waals surface area contributed by atoms with Crippen LogP contribution >= 0.6 is 11.6 Å². The van der Waals surface area contributed by atoms with Crippen molar-refractivity contribution in [3.05, 3.63) is 29.3 Å². The molecule has 2 atom stereocenters. The molecule has 0 saturated heterocycles. The van der Waals surface area contributed by atoms with Crippen LogP contribution in [0.1, 0.15) is 32.1 Å². The van der Waals surface area contributed by atoms with Gasteiger partial charge in [-0.3, -0.25) is 0 Å². The molecule has 5 heteroatoms. The van der Waals surface area contributed by atoms with Crippen molar-refractivity contribution in [2.24, 2.45) is 0 Å². The molecule has 1 N–H and O–H groups in total. The van der Waals surface area contributed by atoms with Gasteiger partial charge in [-0.2, -0.15) is 0 Å². The largest absolute Gasteiger partial charge is 0.392 e. The Morgan fingerprint density at radius 1 is 1.17 bits per heavy atom. The fourth-order valence-corrected chi connectivity index (χ4v) is 4.63. The topological polar surface area (TPSA) is 54.4 Å². The molecule has 1 aromatic rings. The van der Waals surface area contributed by atoms with Gasteiger partial charge in [-0.15, -0.1) is 0 Å². The van der Waals surface area contributed by atoms with Gasteiger partial charge in [-0.25, -0.2) is 8.42 Å². The molecular weight excluding hydrogens is 272 g/mol. The van der Waals surface area contributed by atoms with E-state index in [0.717, 1.165) is 19.3 Å². The van der Waals surface area contributed by atoms with Crippen LogP contribution < -0.4 is 0 Å². The Morgan fingerprint density at radius 3 is 2.61 bits per heavy atom. The third-order valence-corrected chi connectivity index (χ3v) is 5.93. The monoisotopic (exact) mass is 288 g/mol. The predicted octanol–water partition coefficient (Wildman–Crippen LogP) is 2.81. The first-order valence-electron chi connectivity index (χ1n) is 6.19. The van der Waals surface area contributed by atoms with Crippen molar-refractivity contribution in [2.75, 3.05) is 0 Å². The van der Waals surface area contributed by atoms with Crippen molar-refractivity contribution in [3.8, 4) is 0 Å². The number of benzene rings is 1. The zero-order chi connectivity index (χ0) is 13.2. The molecule has 1 aliphatic carbocycles. The van der Waals surface area contributed by atoms with Crippen molar-refractivity contribution in [1.29, 1.82) is 0 Å². The van der Waals surface area contributed by atoms with Crippen molar-refractivity contribution < 1.29 is 13.5 Å². The number of aliphatic hydroxyl groups excluding tert-OH is 1. The summed E-state index contributed by atoms with van der Waals surface area (Å²) in [4.78, 5) is 0.209. The predicted molar refractivity (Wildman–Crippen MR) is 71.5 cm³/mol. The maximum Gasteiger partial charge on any atom is 0.183 e. The van der Waals surface area contributed by atoms with Crippen LogP contribution in [-0.4, -0.2) is 24.9 Å². The second kappa shape index (κ2) is 5.59. The molecule has 0 radical (unpaired) electrons. The molecule has 1 fully saturated rings. The van der Waals surface area contributed by atoms with E-state index >= 15 is 0 Å². The Bertz CT molecular complexity index is 513. The summed E-state index contributed by atoms with van der Waals surface area (Å²) in [6.45, 7) is 0. The summed E-state index contributed by atoms with van der Waals surface area (Å²) < 4.78 is 25.0. The lowest BCUT2D eigenvalue weighted by molar-refractivity contribution is 0.160. The number of hydrogen-bond donors (Lipinski definition) is 1. The van der Waals surface area contributed by atoms with E-state index in [1.54, 1.807) is 18.2 Å². The van der Waals surface area contributed by atoms with E-state index in [0.29, 0.717) is 17.9 Å². The van der Waals surface area contributed by atoms with Crippen LogP contribution in [0.4, 0.5) is 0 Å². The normalized spacial score (nSPS) is 25.7. The third-order valence-electron chi connectivity index (χ3n) is 3.44. The quantitative estimate of drug-likeness (QED) is 0.852. The van der Waals surface area contributed by atoms with Gasteiger partial charge < -0.3 is 5.11 Å². The Hall–Kier alpha value is -0.580. The number of sulfone groups is 1. The molecule has 100 valence electrons. The van der Waals surface area contributed by atoms with Crippen molar-refractivity contribution >= 4 is 21.4 Å². The highest BCUT2D eigenvalue weighted by molar-refractivity contribution is 7.92. The fraction of sp³-hybridized carbons (Fsp3) is 0.538. The minimum absolute atomic E-state index is 0.209. The number of rotatable bonds is 2. The van der Waals surface area contributed by atoms with Crippen LogP contribution in [0.5, 0.6) is 0 Å². The fourth-order valence-electron chi connectivity index (χ4n) is 2.43. The van der Waals surface area contributed by atoms with Gasteiger partial charge in [0.25, 0.3) is 0 Å². The number of hydrogen-bond acceptors (Lipinski definition) is 3. The first-order valence-corrected chi connectivity index (χ1v) is 8.12. The van der Waals surface area contributed by atoms with Crippen LogP contribution in [0.3, 0.4) is 0 Å². The average molecular weight is 289 g/mol. The van der Waals surface area contributed by atoms with E-state index in [9.17, 15) is 13.5 Å². The second-order valence-corrected chi connectivity index (χ2v) is 7.35. The Morgan fingerprint density at radius 2 is 1.89 bits per heavy atom. The SMILES string of the molecule is O=S(=O)(c1cccc(Cl)c1)C1CCCCCC1O. The lowest BCUT2D eigenvalue weighted by Crippen LogP contribution is -2.33. The lowest BCUT2D eigenvalue weighted by Gasteiger charge is -2.20. The van der Waals surface area contributed by atoms with Gasteiger partial charge in [-0.05, 0) is 31.0 Å². The van der Waals surface area contributed by atoms with Crippen molar-refractivity contribution in [1.82, 2.24) is 0 Å². The maximum absolute atomic E-state index is 12.5. The highest BCUT2D eigenvalue weighted by Crippen LogP contribution is 2.29. The van der Waals surface area contributed by atoms with Gasteiger partial charge in [0.2, 0.25) is 0 Å². The summed E-state index contributed by atoms with van der Waals surface area (Å²) in [5.74, 6) is 0. The highest BCUT2D eigenvalue weighted by Gasteiger charge is 2.34. The molecule has 1 aliphatic rings. The minimum Gasteiger partial charge on any atom is -0.392 e. The lowest BCUT2D eigenvalue weighted by atomic mass is 10.1. The highest BCUT2D eigenvalue weighted by atomic mass is 35.5. The maximum atomic E-state index is 12.5. The molecule has 2 unspecified atom stereocenters. The minimum atomic E-state index is -3.49. The van der Waals surface area contributed by atoms with Crippen molar-refractivity contribution in [2.45, 2.75) is 48.4 Å². The Kier molecular flexibility index (Phi) is 4.30. The van der Waals surface area contributed by atoms with Crippen LogP contribution in [0, 0.1) is 0 Å². The van der Waals surface area contributed by atoms with E-state index in [4.69, 9.17) is 11.6 Å². The molecule has 0 aliphatic heterocycles. The zero-order valence-electron chi connectivity index (χ0n) is 10.0.